The van der Waals surface area contributed by atoms with Gasteiger partial charge in [-0.15, -0.1) is 0 Å². The summed E-state index contributed by atoms with van der Waals surface area (Å²) in [7, 11) is -3.84. The minimum absolute atomic E-state index is 0.269. The van der Waals surface area contributed by atoms with Crippen LogP contribution in [0.5, 0.6) is 0 Å². The predicted molar refractivity (Wildman–Crippen MR) is 87.2 cm³/mol. The van der Waals surface area contributed by atoms with Gasteiger partial charge in [-0.05, 0) is 25.5 Å². The number of carbonyl (C=O) groups is 2. The molecule has 1 aliphatic rings. The van der Waals surface area contributed by atoms with E-state index in [0.717, 1.165) is 5.57 Å². The van der Waals surface area contributed by atoms with E-state index in [2.05, 4.69) is 6.58 Å². The van der Waals surface area contributed by atoms with Crippen molar-refractivity contribution in [1.29, 1.82) is 0 Å². The number of carbonyl (C=O) groups excluding carboxylic acids is 2. The van der Waals surface area contributed by atoms with Crippen molar-refractivity contribution in [3.63, 3.8) is 0 Å². The van der Waals surface area contributed by atoms with Crippen molar-refractivity contribution < 1.29 is 18.0 Å². The molecule has 0 spiro atoms. The second-order valence-electron chi connectivity index (χ2n) is 5.59. The third-order valence-electron chi connectivity index (χ3n) is 3.62. The van der Waals surface area contributed by atoms with E-state index in [1.807, 2.05) is 0 Å². The van der Waals surface area contributed by atoms with Crippen molar-refractivity contribution in [2.45, 2.75) is 19.6 Å². The zero-order valence-corrected chi connectivity index (χ0v) is 14.1. The third-order valence-corrected chi connectivity index (χ3v) is 5.26. The summed E-state index contributed by atoms with van der Waals surface area (Å²) in [6.07, 6.45) is 0. The Hall–Kier alpha value is -2.15. The molecular weight excluding hydrogens is 316 g/mol. The fraction of sp³-hybridized carbons (Fsp3) is 0.375. The van der Waals surface area contributed by atoms with Gasteiger partial charge in [0.15, 0.2) is 0 Å². The van der Waals surface area contributed by atoms with Crippen LogP contribution in [0.15, 0.2) is 36.4 Å². The number of rotatable bonds is 5. The molecule has 0 saturated carbocycles. The van der Waals surface area contributed by atoms with Crippen LogP contribution in [0, 0.1) is 0 Å². The first kappa shape index (κ1) is 17.2. The number of nitrogens with zero attached hydrogens (tertiary/aromatic N) is 2. The first-order chi connectivity index (χ1) is 10.8. The van der Waals surface area contributed by atoms with Gasteiger partial charge in [0.25, 0.3) is 5.91 Å². The van der Waals surface area contributed by atoms with E-state index < -0.39 is 28.4 Å². The Bertz CT molecular complexity index is 755. The average Bonchev–Trinajstić information content (AvgIpc) is 2.48. The summed E-state index contributed by atoms with van der Waals surface area (Å²) >= 11 is 0. The number of hydrogen-bond acceptors (Lipinski definition) is 4. The van der Waals surface area contributed by atoms with Gasteiger partial charge in [0.05, 0.1) is 5.75 Å². The standard InChI is InChI=1S/C16H20N2O4S/c1-4-17(9-12(2)3)15(19)10-18-16(20)14-8-6-5-7-13(14)11-23(18,21)22/h5-8H,2,4,9-11H2,1,3H3. The van der Waals surface area contributed by atoms with Crippen LogP contribution >= 0.6 is 0 Å². The average molecular weight is 336 g/mol. The van der Waals surface area contributed by atoms with Crippen LogP contribution in [0.3, 0.4) is 0 Å². The van der Waals surface area contributed by atoms with Crippen LogP contribution in [0.25, 0.3) is 0 Å². The largest absolute Gasteiger partial charge is 0.337 e. The van der Waals surface area contributed by atoms with E-state index in [0.29, 0.717) is 28.5 Å². The van der Waals surface area contributed by atoms with Crippen LogP contribution in [0.2, 0.25) is 0 Å². The maximum Gasteiger partial charge on any atom is 0.268 e. The van der Waals surface area contributed by atoms with Gasteiger partial charge >= 0.3 is 0 Å². The molecule has 0 bridgehead atoms. The van der Waals surface area contributed by atoms with Gasteiger partial charge in [-0.3, -0.25) is 9.59 Å². The van der Waals surface area contributed by atoms with Crippen molar-refractivity contribution in [1.82, 2.24) is 9.21 Å². The Morgan fingerprint density at radius 1 is 1.35 bits per heavy atom. The highest BCUT2D eigenvalue weighted by atomic mass is 32.2. The SMILES string of the molecule is C=C(C)CN(CC)C(=O)CN1C(=O)c2ccccc2CS1(=O)=O. The van der Waals surface area contributed by atoms with Crippen LogP contribution in [0.1, 0.15) is 29.8 Å². The zero-order valence-electron chi connectivity index (χ0n) is 13.3. The second kappa shape index (κ2) is 6.54. The molecule has 0 unspecified atom stereocenters. The summed E-state index contributed by atoms with van der Waals surface area (Å²) in [6.45, 7) is 7.62. The molecule has 2 amide bonds. The molecule has 0 radical (unpaired) electrons. The molecule has 7 heteroatoms. The van der Waals surface area contributed by atoms with Crippen molar-refractivity contribution in [2.24, 2.45) is 0 Å². The van der Waals surface area contributed by atoms with Gasteiger partial charge in [0, 0.05) is 18.7 Å². The number of sulfonamides is 1. The molecule has 0 aliphatic carbocycles. The van der Waals surface area contributed by atoms with Gasteiger partial charge in [-0.2, -0.15) is 0 Å². The van der Waals surface area contributed by atoms with Crippen molar-refractivity contribution in [3.05, 3.63) is 47.5 Å². The summed E-state index contributed by atoms with van der Waals surface area (Å²) in [6, 6.07) is 6.56. The highest BCUT2D eigenvalue weighted by molar-refractivity contribution is 7.89. The van der Waals surface area contributed by atoms with E-state index >= 15 is 0 Å². The van der Waals surface area contributed by atoms with Gasteiger partial charge in [0.1, 0.15) is 6.54 Å². The first-order valence-electron chi connectivity index (χ1n) is 7.31. The molecule has 0 fully saturated rings. The van der Waals surface area contributed by atoms with Gasteiger partial charge < -0.3 is 4.90 Å². The molecule has 0 N–H and O–H groups in total. The molecule has 6 nitrogen and oxygen atoms in total. The molecule has 1 heterocycles. The lowest BCUT2D eigenvalue weighted by Crippen LogP contribution is -2.48. The van der Waals surface area contributed by atoms with E-state index in [-0.39, 0.29) is 5.75 Å². The molecule has 23 heavy (non-hydrogen) atoms. The molecule has 0 saturated heterocycles. The summed E-state index contributed by atoms with van der Waals surface area (Å²) in [5.41, 5.74) is 1.59. The van der Waals surface area contributed by atoms with E-state index in [4.69, 9.17) is 0 Å². The number of likely N-dealkylation sites (N-methyl/N-ethyl adjacent to an activating group) is 1. The highest BCUT2D eigenvalue weighted by Crippen LogP contribution is 2.24. The lowest BCUT2D eigenvalue weighted by atomic mass is 10.1. The number of amides is 2. The number of hydrogen-bond donors (Lipinski definition) is 0. The fourth-order valence-corrected chi connectivity index (χ4v) is 3.94. The van der Waals surface area contributed by atoms with Gasteiger partial charge in [0.2, 0.25) is 15.9 Å². The van der Waals surface area contributed by atoms with E-state index in [1.165, 1.54) is 4.90 Å². The predicted octanol–water partition coefficient (Wildman–Crippen LogP) is 1.40. The molecular formula is C16H20N2O4S. The molecule has 1 aromatic rings. The number of fused-ring (bicyclic) bond motifs is 1. The summed E-state index contributed by atoms with van der Waals surface area (Å²) in [4.78, 5) is 26.3. The minimum Gasteiger partial charge on any atom is -0.337 e. The number of benzene rings is 1. The smallest absolute Gasteiger partial charge is 0.268 e. The maximum absolute atomic E-state index is 12.5. The molecule has 1 aromatic carbocycles. The third kappa shape index (κ3) is 3.61. The monoisotopic (exact) mass is 336 g/mol. The van der Waals surface area contributed by atoms with Crippen molar-refractivity contribution in [3.8, 4) is 0 Å². The molecule has 0 aromatic heterocycles. The van der Waals surface area contributed by atoms with Gasteiger partial charge in [-0.25, -0.2) is 12.7 Å². The van der Waals surface area contributed by atoms with Crippen LogP contribution < -0.4 is 0 Å². The Morgan fingerprint density at radius 2 is 2.00 bits per heavy atom. The van der Waals surface area contributed by atoms with E-state index in [1.54, 1.807) is 38.1 Å². The van der Waals surface area contributed by atoms with Crippen molar-refractivity contribution in [2.75, 3.05) is 19.6 Å². The van der Waals surface area contributed by atoms with Crippen LogP contribution in [0.4, 0.5) is 0 Å². The molecule has 124 valence electrons. The highest BCUT2D eigenvalue weighted by Gasteiger charge is 2.37. The van der Waals surface area contributed by atoms with Crippen molar-refractivity contribution >= 4 is 21.8 Å². The quantitative estimate of drug-likeness (QED) is 0.762. The minimum atomic E-state index is -3.84. The van der Waals surface area contributed by atoms with Crippen LogP contribution in [-0.4, -0.2) is 49.1 Å². The second-order valence-corrected chi connectivity index (χ2v) is 7.48. The normalized spacial score (nSPS) is 15.9. The summed E-state index contributed by atoms with van der Waals surface area (Å²) < 4.78 is 25.4. The summed E-state index contributed by atoms with van der Waals surface area (Å²) in [5.74, 6) is -1.33. The van der Waals surface area contributed by atoms with Gasteiger partial charge in [-0.1, -0.05) is 30.4 Å². The Kier molecular flexibility index (Phi) is 4.89. The lowest BCUT2D eigenvalue weighted by molar-refractivity contribution is -0.130. The fourth-order valence-electron chi connectivity index (χ4n) is 2.49. The topological polar surface area (TPSA) is 74.8 Å². The Morgan fingerprint density at radius 3 is 2.61 bits per heavy atom. The van der Waals surface area contributed by atoms with E-state index in [9.17, 15) is 18.0 Å². The summed E-state index contributed by atoms with van der Waals surface area (Å²) in [5, 5.41) is 0. The molecule has 2 rings (SSSR count). The first-order valence-corrected chi connectivity index (χ1v) is 8.92. The molecule has 0 atom stereocenters. The Labute approximate surface area is 136 Å². The Balaban J connectivity index is 2.27. The lowest BCUT2D eigenvalue weighted by Gasteiger charge is -2.30. The zero-order chi connectivity index (χ0) is 17.2. The van der Waals surface area contributed by atoms with Crippen LogP contribution in [-0.2, 0) is 20.6 Å². The molecule has 1 aliphatic heterocycles. The maximum atomic E-state index is 12.5.